The van der Waals surface area contributed by atoms with E-state index in [-0.39, 0.29) is 5.82 Å². The topological polar surface area (TPSA) is 45.5 Å². The lowest BCUT2D eigenvalue weighted by molar-refractivity contribution is 0.324. The lowest BCUT2D eigenvalue weighted by Crippen LogP contribution is -2.00. The molecule has 0 N–H and O–H groups in total. The molecule has 4 aromatic rings. The van der Waals surface area contributed by atoms with Crippen LogP contribution in [0, 0.1) is 5.82 Å². The summed E-state index contributed by atoms with van der Waals surface area (Å²) in [6.07, 6.45) is 1.93. The quantitative estimate of drug-likeness (QED) is 0.308. The summed E-state index contributed by atoms with van der Waals surface area (Å²) in [7, 11) is 4.75. The maximum atomic E-state index is 13.4. The number of halogens is 1. The molecule has 0 aliphatic carbocycles. The smallest absolute Gasteiger partial charge is 0.203 e. The molecular weight excluding hydrogens is 427 g/mol. The van der Waals surface area contributed by atoms with Gasteiger partial charge in [-0.05, 0) is 29.8 Å². The first-order valence-corrected chi connectivity index (χ1v) is 10.9. The number of benzene rings is 3. The Labute approximate surface area is 190 Å². The maximum Gasteiger partial charge on any atom is 0.203 e. The van der Waals surface area contributed by atoms with Crippen LogP contribution in [0.4, 0.5) is 4.39 Å². The number of nitrogens with zero attached hydrogens (tertiary/aromatic N) is 2. The number of rotatable bonds is 8. The summed E-state index contributed by atoms with van der Waals surface area (Å²) < 4.78 is 31.9. The second-order valence-corrected chi connectivity index (χ2v) is 7.89. The maximum absolute atomic E-state index is 13.4. The average Bonchev–Trinajstić information content (AvgIpc) is 3.27. The van der Waals surface area contributed by atoms with Crippen molar-refractivity contribution in [3.05, 3.63) is 84.3 Å². The first-order valence-electron chi connectivity index (χ1n) is 9.95. The first kappa shape index (κ1) is 21.8. The van der Waals surface area contributed by atoms with E-state index in [4.69, 9.17) is 19.2 Å². The van der Waals surface area contributed by atoms with E-state index in [0.717, 1.165) is 27.9 Å². The summed E-state index contributed by atoms with van der Waals surface area (Å²) in [4.78, 5) is 4.85. The third-order valence-electron chi connectivity index (χ3n) is 4.95. The summed E-state index contributed by atoms with van der Waals surface area (Å²) in [5.41, 5.74) is 3.59. The van der Waals surface area contributed by atoms with E-state index >= 15 is 0 Å². The molecule has 0 amide bonds. The van der Waals surface area contributed by atoms with E-state index in [0.29, 0.717) is 17.2 Å². The molecule has 3 aromatic carbocycles. The van der Waals surface area contributed by atoms with Crippen LogP contribution in [0.2, 0.25) is 0 Å². The van der Waals surface area contributed by atoms with Gasteiger partial charge in [-0.3, -0.25) is 4.57 Å². The Morgan fingerprint density at radius 2 is 1.53 bits per heavy atom. The fourth-order valence-corrected chi connectivity index (χ4v) is 4.29. The molecule has 32 heavy (non-hydrogen) atoms. The van der Waals surface area contributed by atoms with E-state index < -0.39 is 0 Å². The van der Waals surface area contributed by atoms with Crippen LogP contribution in [-0.4, -0.2) is 30.9 Å². The first-order chi connectivity index (χ1) is 15.6. The van der Waals surface area contributed by atoms with Gasteiger partial charge >= 0.3 is 0 Å². The van der Waals surface area contributed by atoms with Crippen molar-refractivity contribution >= 4 is 11.8 Å². The van der Waals surface area contributed by atoms with Crippen molar-refractivity contribution in [2.24, 2.45) is 0 Å². The average molecular weight is 451 g/mol. The molecule has 0 bridgehead atoms. The molecule has 0 spiro atoms. The summed E-state index contributed by atoms with van der Waals surface area (Å²) >= 11 is 1.62. The molecule has 0 aliphatic rings. The van der Waals surface area contributed by atoms with Crippen molar-refractivity contribution < 1.29 is 18.6 Å². The Morgan fingerprint density at radius 3 is 2.12 bits per heavy atom. The zero-order valence-corrected chi connectivity index (χ0v) is 18.9. The SMILES string of the molecule is COc1cc(-n2cc(-c3ccc(F)cc3)nc2SCc2ccccc2)cc(OC)c1OC. The largest absolute Gasteiger partial charge is 0.493 e. The van der Waals surface area contributed by atoms with E-state index in [1.165, 1.54) is 17.7 Å². The van der Waals surface area contributed by atoms with Crippen molar-refractivity contribution in [3.8, 4) is 34.2 Å². The molecule has 4 rings (SSSR count). The summed E-state index contributed by atoms with van der Waals surface area (Å²) in [6, 6.07) is 20.3. The number of thioether (sulfide) groups is 1. The summed E-state index contributed by atoms with van der Waals surface area (Å²) in [6.45, 7) is 0. The van der Waals surface area contributed by atoms with Crippen LogP contribution in [-0.2, 0) is 5.75 Å². The number of imidazole rings is 1. The van der Waals surface area contributed by atoms with Crippen LogP contribution in [0.5, 0.6) is 17.2 Å². The summed E-state index contributed by atoms with van der Waals surface area (Å²) in [5, 5.41) is 0.794. The van der Waals surface area contributed by atoms with Crippen molar-refractivity contribution in [3.63, 3.8) is 0 Å². The van der Waals surface area contributed by atoms with Crippen molar-refractivity contribution in [1.82, 2.24) is 9.55 Å². The minimum Gasteiger partial charge on any atom is -0.493 e. The standard InChI is InChI=1S/C25H23FN2O3S/c1-29-22-13-20(14-23(30-2)24(22)31-3)28-15-21(18-9-11-19(26)12-10-18)27-25(28)32-16-17-7-5-4-6-8-17/h4-15H,16H2,1-3H3. The van der Waals surface area contributed by atoms with Crippen LogP contribution in [0.1, 0.15) is 5.56 Å². The minimum absolute atomic E-state index is 0.281. The number of ether oxygens (including phenoxy) is 3. The Kier molecular flexibility index (Phi) is 6.66. The van der Waals surface area contributed by atoms with Crippen LogP contribution in [0.25, 0.3) is 16.9 Å². The van der Waals surface area contributed by atoms with E-state index in [1.807, 2.05) is 41.1 Å². The summed E-state index contributed by atoms with van der Waals surface area (Å²) in [5.74, 6) is 2.11. The minimum atomic E-state index is -0.281. The fourth-order valence-electron chi connectivity index (χ4n) is 3.34. The fraction of sp³-hybridized carbons (Fsp3) is 0.160. The van der Waals surface area contributed by atoms with Crippen molar-refractivity contribution in [2.45, 2.75) is 10.9 Å². The van der Waals surface area contributed by atoms with Gasteiger partial charge in [0.05, 0.1) is 32.7 Å². The molecule has 0 radical (unpaired) electrons. The molecule has 5 nitrogen and oxygen atoms in total. The molecular formula is C25H23FN2O3S. The zero-order chi connectivity index (χ0) is 22.5. The predicted octanol–water partition coefficient (Wildman–Crippen LogP) is 6.00. The van der Waals surface area contributed by atoms with Gasteiger partial charge in [-0.1, -0.05) is 42.1 Å². The highest BCUT2D eigenvalue weighted by Crippen LogP contribution is 2.40. The number of aromatic nitrogens is 2. The van der Waals surface area contributed by atoms with E-state index in [2.05, 4.69) is 12.1 Å². The Morgan fingerprint density at radius 1 is 0.875 bits per heavy atom. The van der Waals surface area contributed by atoms with Gasteiger partial charge in [-0.15, -0.1) is 0 Å². The van der Waals surface area contributed by atoms with Crippen LogP contribution < -0.4 is 14.2 Å². The van der Waals surface area contributed by atoms with Gasteiger partial charge in [-0.2, -0.15) is 0 Å². The lowest BCUT2D eigenvalue weighted by Gasteiger charge is -2.15. The molecule has 1 aromatic heterocycles. The van der Waals surface area contributed by atoms with Crippen LogP contribution in [0.15, 0.2) is 78.1 Å². The molecule has 0 atom stereocenters. The third-order valence-corrected chi connectivity index (χ3v) is 5.98. The highest BCUT2D eigenvalue weighted by Gasteiger charge is 2.18. The van der Waals surface area contributed by atoms with Gasteiger partial charge in [0, 0.05) is 29.6 Å². The van der Waals surface area contributed by atoms with Gasteiger partial charge in [-0.25, -0.2) is 9.37 Å². The molecule has 0 unspecified atom stereocenters. The molecule has 0 fully saturated rings. The second kappa shape index (κ2) is 9.78. The van der Waals surface area contributed by atoms with Gasteiger partial charge in [0.2, 0.25) is 5.75 Å². The molecule has 0 saturated heterocycles. The molecule has 0 saturated carbocycles. The molecule has 164 valence electrons. The highest BCUT2D eigenvalue weighted by molar-refractivity contribution is 7.98. The lowest BCUT2D eigenvalue weighted by atomic mass is 10.2. The Hall–Kier alpha value is -3.45. The zero-order valence-electron chi connectivity index (χ0n) is 18.0. The molecule has 1 heterocycles. The monoisotopic (exact) mass is 450 g/mol. The van der Waals surface area contributed by atoms with E-state index in [1.54, 1.807) is 45.2 Å². The van der Waals surface area contributed by atoms with Crippen molar-refractivity contribution in [2.75, 3.05) is 21.3 Å². The van der Waals surface area contributed by atoms with Crippen molar-refractivity contribution in [1.29, 1.82) is 0 Å². The van der Waals surface area contributed by atoms with Gasteiger partial charge in [0.15, 0.2) is 16.7 Å². The van der Waals surface area contributed by atoms with Gasteiger partial charge in [0.1, 0.15) is 5.82 Å². The number of hydrogen-bond acceptors (Lipinski definition) is 5. The van der Waals surface area contributed by atoms with Gasteiger partial charge < -0.3 is 14.2 Å². The third kappa shape index (κ3) is 4.57. The number of hydrogen-bond donors (Lipinski definition) is 0. The highest BCUT2D eigenvalue weighted by atomic mass is 32.2. The molecule has 0 aliphatic heterocycles. The normalized spacial score (nSPS) is 10.8. The van der Waals surface area contributed by atoms with E-state index in [9.17, 15) is 4.39 Å². The Bertz CT molecular complexity index is 1170. The predicted molar refractivity (Wildman–Crippen MR) is 125 cm³/mol. The number of methoxy groups -OCH3 is 3. The Balaban J connectivity index is 1.79. The molecule has 7 heteroatoms. The van der Waals surface area contributed by atoms with Crippen LogP contribution in [0.3, 0.4) is 0 Å². The van der Waals surface area contributed by atoms with Crippen LogP contribution >= 0.6 is 11.8 Å². The second-order valence-electron chi connectivity index (χ2n) is 6.94. The van der Waals surface area contributed by atoms with Gasteiger partial charge in [0.25, 0.3) is 0 Å².